The van der Waals surface area contributed by atoms with Crippen molar-refractivity contribution in [3.05, 3.63) is 11.7 Å². The molecule has 0 aromatic carbocycles. The van der Waals surface area contributed by atoms with Crippen LogP contribution < -0.4 is 5.32 Å². The number of carbonyl (C=O) groups excluding carboxylic acids is 1. The first kappa shape index (κ1) is 18.7. The molecule has 1 N–H and O–H groups in total. The van der Waals surface area contributed by atoms with Gasteiger partial charge in [-0.3, -0.25) is 10.1 Å². The summed E-state index contributed by atoms with van der Waals surface area (Å²) in [5.74, 6) is -2.66. The normalized spacial score (nSPS) is 21.2. The molecule has 7 nitrogen and oxygen atoms in total. The predicted octanol–water partition coefficient (Wildman–Crippen LogP) is 1.15. The lowest BCUT2D eigenvalue weighted by Gasteiger charge is -2.19. The van der Waals surface area contributed by atoms with Crippen molar-refractivity contribution in [3.8, 4) is 0 Å². The van der Waals surface area contributed by atoms with Crippen LogP contribution in [0.4, 0.5) is 8.78 Å². The number of ether oxygens (including phenoxy) is 1. The van der Waals surface area contributed by atoms with Crippen LogP contribution in [-0.4, -0.2) is 53.6 Å². The molecule has 2 atom stereocenters. The highest BCUT2D eigenvalue weighted by atomic mass is 35.5. The van der Waals surface area contributed by atoms with Crippen molar-refractivity contribution in [2.75, 3.05) is 20.7 Å². The molecule has 1 aliphatic heterocycles. The molecule has 0 radical (unpaired) electrons. The number of hydrogen-bond donors (Lipinski definition) is 1. The quantitative estimate of drug-likeness (QED) is 0.866. The topological polar surface area (TPSA) is 80.5 Å². The van der Waals surface area contributed by atoms with Gasteiger partial charge in [0.05, 0.1) is 19.1 Å². The van der Waals surface area contributed by atoms with Gasteiger partial charge in [0, 0.05) is 20.6 Å². The van der Waals surface area contributed by atoms with E-state index in [1.165, 1.54) is 19.1 Å². The number of alkyl halides is 2. The fraction of sp³-hybridized carbons (Fsp3) is 0.750. The van der Waals surface area contributed by atoms with Crippen LogP contribution in [0, 0.1) is 0 Å². The molecule has 1 saturated heterocycles. The Morgan fingerprint density at radius 1 is 1.64 bits per heavy atom. The maximum absolute atomic E-state index is 13.1. The van der Waals surface area contributed by atoms with Crippen LogP contribution in [0.2, 0.25) is 0 Å². The average molecular weight is 341 g/mol. The molecule has 1 aromatic heterocycles. The van der Waals surface area contributed by atoms with E-state index in [2.05, 4.69) is 15.5 Å². The van der Waals surface area contributed by atoms with E-state index in [1.807, 2.05) is 0 Å². The summed E-state index contributed by atoms with van der Waals surface area (Å²) in [6.07, 6.45) is -0.815. The van der Waals surface area contributed by atoms with Crippen LogP contribution in [0.3, 0.4) is 0 Å². The minimum Gasteiger partial charge on any atom is -0.374 e. The molecule has 2 heterocycles. The first-order valence-electron chi connectivity index (χ1n) is 6.54. The van der Waals surface area contributed by atoms with Gasteiger partial charge >= 0.3 is 0 Å². The molecular weight excluding hydrogens is 322 g/mol. The fourth-order valence-electron chi connectivity index (χ4n) is 2.04. The molecule has 126 valence electrons. The number of halogens is 3. The largest absolute Gasteiger partial charge is 0.374 e. The Morgan fingerprint density at radius 2 is 2.32 bits per heavy atom. The number of likely N-dealkylation sites (N-methyl/N-ethyl adjacent to an activating group) is 1. The fourth-order valence-corrected chi connectivity index (χ4v) is 2.04. The van der Waals surface area contributed by atoms with Gasteiger partial charge < -0.3 is 14.2 Å². The van der Waals surface area contributed by atoms with E-state index in [1.54, 1.807) is 6.92 Å². The molecule has 2 unspecified atom stereocenters. The number of methoxy groups -OCH3 is 1. The second kappa shape index (κ2) is 7.30. The summed E-state index contributed by atoms with van der Waals surface area (Å²) >= 11 is 0. The van der Waals surface area contributed by atoms with Crippen molar-refractivity contribution in [3.63, 3.8) is 0 Å². The number of rotatable bonds is 5. The van der Waals surface area contributed by atoms with Crippen LogP contribution in [-0.2, 0) is 16.1 Å². The number of nitrogens with zero attached hydrogens (tertiary/aromatic N) is 3. The third-order valence-electron chi connectivity index (χ3n) is 3.36. The summed E-state index contributed by atoms with van der Waals surface area (Å²) in [5.41, 5.74) is 0. The van der Waals surface area contributed by atoms with Crippen molar-refractivity contribution in [2.45, 2.75) is 38.0 Å². The predicted molar refractivity (Wildman–Crippen MR) is 74.8 cm³/mol. The van der Waals surface area contributed by atoms with Gasteiger partial charge in [-0.25, -0.2) is 8.78 Å². The highest BCUT2D eigenvalue weighted by Gasteiger charge is 2.43. The monoisotopic (exact) mass is 340 g/mol. The summed E-state index contributed by atoms with van der Waals surface area (Å²) in [5, 5.41) is 6.25. The molecule has 1 aromatic rings. The standard InChI is InChI=1S/C12H18F2N4O3.ClH/c1-7(20-3)10-16-9(21-17-10)5-18(2)11(19)8-4-12(13,14)6-15-8;/h7-8,15H,4-6H2,1-3H3;1H. The van der Waals surface area contributed by atoms with Gasteiger partial charge in [0.15, 0.2) is 5.82 Å². The van der Waals surface area contributed by atoms with Gasteiger partial charge in [-0.15, -0.1) is 12.4 Å². The molecule has 1 fully saturated rings. The molecule has 1 aliphatic rings. The van der Waals surface area contributed by atoms with Gasteiger partial charge in [-0.1, -0.05) is 5.16 Å². The van der Waals surface area contributed by atoms with E-state index >= 15 is 0 Å². The van der Waals surface area contributed by atoms with E-state index in [-0.39, 0.29) is 30.9 Å². The van der Waals surface area contributed by atoms with E-state index in [0.717, 1.165) is 0 Å². The Kier molecular flexibility index (Phi) is 6.21. The Morgan fingerprint density at radius 3 is 2.86 bits per heavy atom. The minimum atomic E-state index is -2.84. The van der Waals surface area contributed by atoms with Crippen molar-refractivity contribution in [1.82, 2.24) is 20.4 Å². The SMILES string of the molecule is COC(C)c1noc(CN(C)C(=O)C2CC(F)(F)CN2)n1.Cl. The number of hydrogen-bond acceptors (Lipinski definition) is 6. The third kappa shape index (κ3) is 4.34. The lowest BCUT2D eigenvalue weighted by atomic mass is 10.2. The zero-order chi connectivity index (χ0) is 15.6. The summed E-state index contributed by atoms with van der Waals surface area (Å²) in [7, 11) is 3.02. The Bertz CT molecular complexity index is 514. The smallest absolute Gasteiger partial charge is 0.262 e. The maximum atomic E-state index is 13.1. The van der Waals surface area contributed by atoms with E-state index < -0.39 is 30.8 Å². The number of nitrogens with one attached hydrogen (secondary N) is 1. The van der Waals surface area contributed by atoms with Gasteiger partial charge in [0.25, 0.3) is 5.92 Å². The first-order chi connectivity index (χ1) is 9.82. The van der Waals surface area contributed by atoms with Gasteiger partial charge in [-0.05, 0) is 6.92 Å². The lowest BCUT2D eigenvalue weighted by Crippen LogP contribution is -2.41. The lowest BCUT2D eigenvalue weighted by molar-refractivity contribution is -0.133. The zero-order valence-corrected chi connectivity index (χ0v) is 13.3. The van der Waals surface area contributed by atoms with Crippen LogP contribution in [0.1, 0.15) is 31.2 Å². The van der Waals surface area contributed by atoms with E-state index in [4.69, 9.17) is 9.26 Å². The highest BCUT2D eigenvalue weighted by Crippen LogP contribution is 2.26. The molecule has 0 saturated carbocycles. The van der Waals surface area contributed by atoms with Crippen LogP contribution in [0.15, 0.2) is 4.52 Å². The van der Waals surface area contributed by atoms with Crippen molar-refractivity contribution < 1.29 is 22.8 Å². The molecule has 10 heteroatoms. The van der Waals surface area contributed by atoms with E-state index in [9.17, 15) is 13.6 Å². The number of amides is 1. The molecule has 22 heavy (non-hydrogen) atoms. The molecule has 0 spiro atoms. The van der Waals surface area contributed by atoms with Crippen molar-refractivity contribution in [2.24, 2.45) is 0 Å². The second-order valence-electron chi connectivity index (χ2n) is 5.11. The van der Waals surface area contributed by atoms with Gasteiger partial charge in [0.1, 0.15) is 6.10 Å². The number of aromatic nitrogens is 2. The first-order valence-corrected chi connectivity index (χ1v) is 6.54. The van der Waals surface area contributed by atoms with Gasteiger partial charge in [0.2, 0.25) is 11.8 Å². The Balaban J connectivity index is 0.00000242. The average Bonchev–Trinajstić information content (AvgIpc) is 3.03. The van der Waals surface area contributed by atoms with Crippen LogP contribution in [0.25, 0.3) is 0 Å². The Hall–Kier alpha value is -1.32. The van der Waals surface area contributed by atoms with Crippen LogP contribution in [0.5, 0.6) is 0 Å². The molecular formula is C12H19ClF2N4O3. The zero-order valence-electron chi connectivity index (χ0n) is 12.5. The maximum Gasteiger partial charge on any atom is 0.262 e. The molecule has 0 aliphatic carbocycles. The molecule has 1 amide bonds. The highest BCUT2D eigenvalue weighted by molar-refractivity contribution is 5.85. The van der Waals surface area contributed by atoms with Gasteiger partial charge in [-0.2, -0.15) is 4.98 Å². The van der Waals surface area contributed by atoms with Crippen LogP contribution >= 0.6 is 12.4 Å². The molecule has 2 rings (SSSR count). The molecule has 0 bridgehead atoms. The summed E-state index contributed by atoms with van der Waals surface area (Å²) in [6, 6.07) is -0.884. The summed E-state index contributed by atoms with van der Waals surface area (Å²) in [4.78, 5) is 17.4. The number of carbonyl (C=O) groups is 1. The Labute approximate surface area is 132 Å². The minimum absolute atomic E-state index is 0. The summed E-state index contributed by atoms with van der Waals surface area (Å²) in [6.45, 7) is 1.34. The summed E-state index contributed by atoms with van der Waals surface area (Å²) < 4.78 is 36.2. The second-order valence-corrected chi connectivity index (χ2v) is 5.11. The van der Waals surface area contributed by atoms with E-state index in [0.29, 0.717) is 5.82 Å². The third-order valence-corrected chi connectivity index (χ3v) is 3.36. The van der Waals surface area contributed by atoms with Crippen molar-refractivity contribution in [1.29, 1.82) is 0 Å². The van der Waals surface area contributed by atoms with Crippen molar-refractivity contribution >= 4 is 18.3 Å².